The van der Waals surface area contributed by atoms with Crippen LogP contribution in [0.3, 0.4) is 0 Å². The molecule has 0 aliphatic carbocycles. The summed E-state index contributed by atoms with van der Waals surface area (Å²) in [6, 6.07) is 10.1. The van der Waals surface area contributed by atoms with Crippen LogP contribution in [-0.2, 0) is 6.18 Å². The first kappa shape index (κ1) is 15.3. The lowest BCUT2D eigenvalue weighted by molar-refractivity contribution is -0.385. The van der Waals surface area contributed by atoms with E-state index in [1.807, 2.05) is 6.07 Å². The molecule has 0 saturated heterocycles. The van der Waals surface area contributed by atoms with Gasteiger partial charge >= 0.3 is 6.18 Å². The Balaban J connectivity index is 2.41. The molecule has 2 aromatic carbocycles. The summed E-state index contributed by atoms with van der Waals surface area (Å²) >= 11 is 0. The van der Waals surface area contributed by atoms with Crippen LogP contribution in [0.4, 0.5) is 30.2 Å². The van der Waals surface area contributed by atoms with Crippen LogP contribution in [0, 0.1) is 21.4 Å². The summed E-state index contributed by atoms with van der Waals surface area (Å²) < 4.78 is 39.0. The lowest BCUT2D eigenvalue weighted by Crippen LogP contribution is -2.09. The maximum absolute atomic E-state index is 13.0. The molecule has 8 heteroatoms. The van der Waals surface area contributed by atoms with E-state index in [1.165, 1.54) is 24.3 Å². The van der Waals surface area contributed by atoms with E-state index >= 15 is 0 Å². The molecule has 112 valence electrons. The molecule has 0 bridgehead atoms. The average Bonchev–Trinajstić information content (AvgIpc) is 2.47. The highest BCUT2D eigenvalue weighted by molar-refractivity contribution is 5.66. The summed E-state index contributed by atoms with van der Waals surface area (Å²) in [5, 5.41) is 21.8. The van der Waals surface area contributed by atoms with Crippen molar-refractivity contribution < 1.29 is 18.1 Å². The second-order valence-electron chi connectivity index (χ2n) is 4.30. The Bertz CT molecular complexity index is 749. The van der Waals surface area contributed by atoms with Gasteiger partial charge in [-0.25, -0.2) is 0 Å². The lowest BCUT2D eigenvalue weighted by Gasteiger charge is -2.14. The van der Waals surface area contributed by atoms with Gasteiger partial charge in [-0.15, -0.1) is 0 Å². The van der Waals surface area contributed by atoms with Gasteiger partial charge in [0.25, 0.3) is 5.69 Å². The van der Waals surface area contributed by atoms with E-state index in [-0.39, 0.29) is 5.69 Å². The van der Waals surface area contributed by atoms with Crippen LogP contribution in [-0.4, -0.2) is 4.92 Å². The fourth-order valence-corrected chi connectivity index (χ4v) is 1.77. The SMILES string of the molecule is N#Cc1ccc(Nc2ccc([N+](=O)[O-])cc2C(F)(F)F)cc1. The largest absolute Gasteiger partial charge is 0.418 e. The summed E-state index contributed by atoms with van der Waals surface area (Å²) in [6.45, 7) is 0. The third-order valence-corrected chi connectivity index (χ3v) is 2.81. The highest BCUT2D eigenvalue weighted by atomic mass is 19.4. The summed E-state index contributed by atoms with van der Waals surface area (Å²) in [6.07, 6.45) is -4.74. The normalized spacial score (nSPS) is 10.8. The smallest absolute Gasteiger partial charge is 0.355 e. The lowest BCUT2D eigenvalue weighted by atomic mass is 10.1. The van der Waals surface area contributed by atoms with Gasteiger partial charge in [0.05, 0.1) is 27.8 Å². The van der Waals surface area contributed by atoms with Crippen molar-refractivity contribution in [3.63, 3.8) is 0 Å². The molecular formula is C14H8F3N3O2. The van der Waals surface area contributed by atoms with E-state index in [1.54, 1.807) is 0 Å². The Kier molecular flexibility index (Phi) is 3.99. The van der Waals surface area contributed by atoms with E-state index in [0.717, 1.165) is 12.1 Å². The number of hydrogen-bond acceptors (Lipinski definition) is 4. The number of hydrogen-bond donors (Lipinski definition) is 1. The molecular weight excluding hydrogens is 299 g/mol. The quantitative estimate of drug-likeness (QED) is 0.680. The Hall–Kier alpha value is -3.08. The van der Waals surface area contributed by atoms with E-state index in [2.05, 4.69) is 5.32 Å². The van der Waals surface area contributed by atoms with Crippen molar-refractivity contribution in [1.29, 1.82) is 5.26 Å². The number of alkyl halides is 3. The molecule has 0 aliphatic heterocycles. The highest BCUT2D eigenvalue weighted by Gasteiger charge is 2.35. The average molecular weight is 307 g/mol. The Morgan fingerprint density at radius 2 is 1.77 bits per heavy atom. The molecule has 0 aliphatic rings. The van der Waals surface area contributed by atoms with Gasteiger partial charge in [-0.1, -0.05) is 0 Å². The number of nitrogens with zero attached hydrogens (tertiary/aromatic N) is 2. The maximum atomic E-state index is 13.0. The molecule has 22 heavy (non-hydrogen) atoms. The molecule has 0 radical (unpaired) electrons. The third kappa shape index (κ3) is 3.32. The van der Waals surface area contributed by atoms with Gasteiger partial charge < -0.3 is 5.32 Å². The minimum absolute atomic E-state index is 0.303. The van der Waals surface area contributed by atoms with Crippen molar-refractivity contribution in [3.8, 4) is 6.07 Å². The predicted molar refractivity (Wildman–Crippen MR) is 72.5 cm³/mol. The molecule has 0 saturated carbocycles. The van der Waals surface area contributed by atoms with Crippen molar-refractivity contribution in [2.75, 3.05) is 5.32 Å². The van der Waals surface area contributed by atoms with Gasteiger partial charge in [-0.2, -0.15) is 18.4 Å². The van der Waals surface area contributed by atoms with E-state index in [9.17, 15) is 23.3 Å². The van der Waals surface area contributed by atoms with Crippen LogP contribution in [0.25, 0.3) is 0 Å². The number of rotatable bonds is 3. The van der Waals surface area contributed by atoms with Crippen LogP contribution in [0.15, 0.2) is 42.5 Å². The Labute approximate surface area is 122 Å². The van der Waals surface area contributed by atoms with Crippen LogP contribution >= 0.6 is 0 Å². The molecule has 0 heterocycles. The number of benzene rings is 2. The van der Waals surface area contributed by atoms with Crippen molar-refractivity contribution in [2.24, 2.45) is 0 Å². The zero-order valence-electron chi connectivity index (χ0n) is 10.9. The number of halogens is 3. The van der Waals surface area contributed by atoms with Crippen LogP contribution in [0.1, 0.15) is 11.1 Å². The minimum atomic E-state index is -4.74. The summed E-state index contributed by atoms with van der Waals surface area (Å²) in [5.41, 5.74) is -1.38. The second kappa shape index (κ2) is 5.73. The van der Waals surface area contributed by atoms with Crippen LogP contribution < -0.4 is 5.32 Å². The molecule has 0 spiro atoms. The molecule has 2 rings (SSSR count). The molecule has 0 aromatic heterocycles. The van der Waals surface area contributed by atoms with Crippen LogP contribution in [0.5, 0.6) is 0 Å². The molecule has 5 nitrogen and oxygen atoms in total. The number of nitrogens with one attached hydrogen (secondary N) is 1. The molecule has 2 aromatic rings. The van der Waals surface area contributed by atoms with Crippen LogP contribution in [0.2, 0.25) is 0 Å². The first-order valence-corrected chi connectivity index (χ1v) is 5.94. The van der Waals surface area contributed by atoms with Gasteiger partial charge in [-0.3, -0.25) is 10.1 Å². The van der Waals surface area contributed by atoms with Gasteiger partial charge in [0, 0.05) is 17.8 Å². The van der Waals surface area contributed by atoms with Crippen molar-refractivity contribution in [2.45, 2.75) is 6.18 Å². The fraction of sp³-hybridized carbons (Fsp3) is 0.0714. The summed E-state index contributed by atoms with van der Waals surface area (Å²) in [7, 11) is 0. The van der Waals surface area contributed by atoms with Gasteiger partial charge in [-0.05, 0) is 30.3 Å². The number of nitro groups is 1. The molecule has 0 atom stereocenters. The van der Waals surface area contributed by atoms with Crippen molar-refractivity contribution >= 4 is 17.1 Å². The first-order chi connectivity index (χ1) is 10.3. The first-order valence-electron chi connectivity index (χ1n) is 5.94. The predicted octanol–water partition coefficient (Wildman–Crippen LogP) is 4.23. The van der Waals surface area contributed by atoms with E-state index < -0.39 is 22.4 Å². The highest BCUT2D eigenvalue weighted by Crippen LogP contribution is 2.38. The van der Waals surface area contributed by atoms with Gasteiger partial charge in [0.2, 0.25) is 0 Å². The van der Waals surface area contributed by atoms with Gasteiger partial charge in [0.15, 0.2) is 0 Å². The van der Waals surface area contributed by atoms with E-state index in [4.69, 9.17) is 5.26 Å². The summed E-state index contributed by atoms with van der Waals surface area (Å²) in [5.74, 6) is 0. The van der Waals surface area contributed by atoms with Crippen molar-refractivity contribution in [1.82, 2.24) is 0 Å². The molecule has 0 fully saturated rings. The van der Waals surface area contributed by atoms with Crippen molar-refractivity contribution in [3.05, 3.63) is 63.7 Å². The number of non-ortho nitro benzene ring substituents is 1. The van der Waals surface area contributed by atoms with E-state index in [0.29, 0.717) is 17.3 Å². The fourth-order valence-electron chi connectivity index (χ4n) is 1.77. The maximum Gasteiger partial charge on any atom is 0.418 e. The molecule has 1 N–H and O–H groups in total. The Morgan fingerprint density at radius 1 is 1.14 bits per heavy atom. The molecule has 0 unspecified atom stereocenters. The second-order valence-corrected chi connectivity index (χ2v) is 4.30. The summed E-state index contributed by atoms with van der Waals surface area (Å²) in [4.78, 5) is 9.72. The zero-order chi connectivity index (χ0) is 16.3. The third-order valence-electron chi connectivity index (χ3n) is 2.81. The van der Waals surface area contributed by atoms with Gasteiger partial charge in [0.1, 0.15) is 0 Å². The topological polar surface area (TPSA) is 79.0 Å². The molecule has 0 amide bonds. The number of anilines is 2. The Morgan fingerprint density at radius 3 is 2.27 bits per heavy atom. The standard InChI is InChI=1S/C14H8F3N3O2/c15-14(16,17)12-7-11(20(21)22)5-6-13(12)19-10-3-1-9(8-18)2-4-10/h1-7,19H. The number of nitriles is 1. The number of nitro benzene ring substituents is 1. The monoisotopic (exact) mass is 307 g/mol. The zero-order valence-corrected chi connectivity index (χ0v) is 10.9. The minimum Gasteiger partial charge on any atom is -0.355 e.